The van der Waals surface area contributed by atoms with Crippen LogP contribution in [-0.4, -0.2) is 38.8 Å². The van der Waals surface area contributed by atoms with Gasteiger partial charge in [-0.05, 0) is 38.4 Å². The number of carbonyl (C=O) groups is 1. The average Bonchev–Trinajstić information content (AvgIpc) is 2.54. The predicted octanol–water partition coefficient (Wildman–Crippen LogP) is 2.00. The van der Waals surface area contributed by atoms with Gasteiger partial charge in [0.15, 0.2) is 11.5 Å². The molecule has 124 valence electrons. The second-order valence-electron chi connectivity index (χ2n) is 5.37. The third-order valence-electron chi connectivity index (χ3n) is 3.63. The molecule has 22 heavy (non-hydrogen) atoms. The summed E-state index contributed by atoms with van der Waals surface area (Å²) < 4.78 is 11.1. The van der Waals surface area contributed by atoms with Crippen LogP contribution in [0, 0.1) is 5.92 Å². The van der Waals surface area contributed by atoms with Crippen LogP contribution in [0.25, 0.3) is 0 Å². The molecule has 2 unspecified atom stereocenters. The van der Waals surface area contributed by atoms with Crippen molar-refractivity contribution in [1.29, 1.82) is 0 Å². The molecule has 2 N–H and O–H groups in total. The van der Waals surface area contributed by atoms with Gasteiger partial charge in [-0.15, -0.1) is 12.4 Å². The molecule has 0 saturated carbocycles. The highest BCUT2D eigenvalue weighted by Crippen LogP contribution is 2.26. The summed E-state index contributed by atoms with van der Waals surface area (Å²) in [5.74, 6) is 1.59. The zero-order valence-corrected chi connectivity index (χ0v) is 13.9. The van der Waals surface area contributed by atoms with Gasteiger partial charge in [-0.3, -0.25) is 4.79 Å². The lowest BCUT2D eigenvalue weighted by Crippen LogP contribution is -2.43. The molecule has 2 atom stereocenters. The molecule has 1 aliphatic heterocycles. The van der Waals surface area contributed by atoms with Crippen molar-refractivity contribution >= 4 is 18.3 Å². The summed E-state index contributed by atoms with van der Waals surface area (Å²) in [6, 6.07) is 7.52. The summed E-state index contributed by atoms with van der Waals surface area (Å²) in [5.41, 5.74) is 0. The SMILES string of the molecule is COc1ccccc1OC(C)CNC(=O)C1CCCNC1.Cl. The van der Waals surface area contributed by atoms with E-state index in [4.69, 9.17) is 9.47 Å². The number of piperidine rings is 1. The van der Waals surface area contributed by atoms with Crippen LogP contribution in [-0.2, 0) is 4.79 Å². The van der Waals surface area contributed by atoms with Crippen molar-refractivity contribution in [2.24, 2.45) is 5.92 Å². The zero-order valence-electron chi connectivity index (χ0n) is 13.1. The molecule has 0 aliphatic carbocycles. The number of nitrogens with one attached hydrogen (secondary N) is 2. The van der Waals surface area contributed by atoms with E-state index in [2.05, 4.69) is 10.6 Å². The molecule has 0 aromatic heterocycles. The second kappa shape index (κ2) is 9.54. The first kappa shape index (κ1) is 18.6. The Balaban J connectivity index is 0.00000242. The van der Waals surface area contributed by atoms with E-state index in [9.17, 15) is 4.79 Å². The topological polar surface area (TPSA) is 59.6 Å². The molecule has 0 bridgehead atoms. The molecule has 1 saturated heterocycles. The van der Waals surface area contributed by atoms with Gasteiger partial charge < -0.3 is 20.1 Å². The van der Waals surface area contributed by atoms with Gasteiger partial charge >= 0.3 is 0 Å². The molecule has 1 aliphatic rings. The summed E-state index contributed by atoms with van der Waals surface area (Å²) in [4.78, 5) is 12.0. The van der Waals surface area contributed by atoms with Crippen LogP contribution in [0.5, 0.6) is 11.5 Å². The minimum Gasteiger partial charge on any atom is -0.493 e. The van der Waals surface area contributed by atoms with Gasteiger partial charge in [0, 0.05) is 6.54 Å². The molecule has 6 heteroatoms. The Kier molecular flexibility index (Phi) is 8.06. The van der Waals surface area contributed by atoms with Crippen molar-refractivity contribution in [1.82, 2.24) is 10.6 Å². The first-order chi connectivity index (χ1) is 10.2. The van der Waals surface area contributed by atoms with Crippen molar-refractivity contribution in [2.45, 2.75) is 25.9 Å². The Labute approximate surface area is 138 Å². The van der Waals surface area contributed by atoms with Crippen molar-refractivity contribution < 1.29 is 14.3 Å². The third kappa shape index (κ3) is 5.39. The van der Waals surface area contributed by atoms with Crippen LogP contribution in [0.1, 0.15) is 19.8 Å². The highest BCUT2D eigenvalue weighted by Gasteiger charge is 2.21. The normalized spacial score (nSPS) is 18.7. The fourth-order valence-corrected chi connectivity index (χ4v) is 2.44. The van der Waals surface area contributed by atoms with E-state index in [1.165, 1.54) is 0 Å². The monoisotopic (exact) mass is 328 g/mol. The fraction of sp³-hybridized carbons (Fsp3) is 0.562. The molecule has 0 radical (unpaired) electrons. The standard InChI is InChI=1S/C16H24N2O3.ClH/c1-12(21-15-8-4-3-7-14(15)20-2)10-18-16(19)13-6-5-9-17-11-13;/h3-4,7-8,12-13,17H,5-6,9-11H2,1-2H3,(H,18,19);1H. The van der Waals surface area contributed by atoms with Crippen LogP contribution in [0.4, 0.5) is 0 Å². The van der Waals surface area contributed by atoms with E-state index in [1.54, 1.807) is 7.11 Å². The lowest BCUT2D eigenvalue weighted by molar-refractivity contribution is -0.125. The number of para-hydroxylation sites is 2. The molecule has 1 aromatic carbocycles. The smallest absolute Gasteiger partial charge is 0.224 e. The molecule has 5 nitrogen and oxygen atoms in total. The van der Waals surface area contributed by atoms with E-state index in [0.717, 1.165) is 25.9 Å². The predicted molar refractivity (Wildman–Crippen MR) is 88.9 cm³/mol. The number of benzene rings is 1. The van der Waals surface area contributed by atoms with Crippen LogP contribution in [0.15, 0.2) is 24.3 Å². The van der Waals surface area contributed by atoms with Gasteiger partial charge in [0.1, 0.15) is 6.10 Å². The number of methoxy groups -OCH3 is 1. The molecule has 1 heterocycles. The van der Waals surface area contributed by atoms with Crippen molar-refractivity contribution in [3.05, 3.63) is 24.3 Å². The molecule has 1 fully saturated rings. The van der Waals surface area contributed by atoms with Crippen LogP contribution in [0.2, 0.25) is 0 Å². The molecular weight excluding hydrogens is 304 g/mol. The largest absolute Gasteiger partial charge is 0.493 e. The lowest BCUT2D eigenvalue weighted by Gasteiger charge is -2.23. The molecular formula is C16H25ClN2O3. The first-order valence-corrected chi connectivity index (χ1v) is 7.49. The highest BCUT2D eigenvalue weighted by molar-refractivity contribution is 5.85. The van der Waals surface area contributed by atoms with E-state index < -0.39 is 0 Å². The highest BCUT2D eigenvalue weighted by atomic mass is 35.5. The summed E-state index contributed by atoms with van der Waals surface area (Å²) in [5, 5.41) is 6.21. The number of hydrogen-bond acceptors (Lipinski definition) is 4. The Morgan fingerprint density at radius 1 is 1.41 bits per heavy atom. The molecule has 1 amide bonds. The van der Waals surface area contributed by atoms with E-state index in [-0.39, 0.29) is 30.3 Å². The molecule has 2 rings (SSSR count). The maximum absolute atomic E-state index is 12.0. The van der Waals surface area contributed by atoms with Gasteiger partial charge in [0.2, 0.25) is 5.91 Å². The van der Waals surface area contributed by atoms with E-state index in [1.807, 2.05) is 31.2 Å². The number of halogens is 1. The molecule has 0 spiro atoms. The number of amides is 1. The summed E-state index contributed by atoms with van der Waals surface area (Å²) in [6.45, 7) is 4.21. The number of carbonyl (C=O) groups excluding carboxylic acids is 1. The fourth-order valence-electron chi connectivity index (χ4n) is 2.44. The first-order valence-electron chi connectivity index (χ1n) is 7.49. The minimum absolute atomic E-state index is 0. The van der Waals surface area contributed by atoms with Crippen LogP contribution >= 0.6 is 12.4 Å². The maximum atomic E-state index is 12.0. The Morgan fingerprint density at radius 3 is 2.77 bits per heavy atom. The van der Waals surface area contributed by atoms with Gasteiger partial charge in [-0.25, -0.2) is 0 Å². The quantitative estimate of drug-likeness (QED) is 0.838. The van der Waals surface area contributed by atoms with Crippen molar-refractivity contribution in [2.75, 3.05) is 26.7 Å². The lowest BCUT2D eigenvalue weighted by atomic mass is 9.99. The average molecular weight is 329 g/mol. The molecule has 1 aromatic rings. The summed E-state index contributed by atoms with van der Waals surface area (Å²) >= 11 is 0. The van der Waals surface area contributed by atoms with Crippen LogP contribution in [0.3, 0.4) is 0 Å². The van der Waals surface area contributed by atoms with Gasteiger partial charge in [-0.1, -0.05) is 12.1 Å². The number of ether oxygens (including phenoxy) is 2. The summed E-state index contributed by atoms with van der Waals surface area (Å²) in [6.07, 6.45) is 1.91. The third-order valence-corrected chi connectivity index (χ3v) is 3.63. The second-order valence-corrected chi connectivity index (χ2v) is 5.37. The number of rotatable bonds is 6. The van der Waals surface area contributed by atoms with E-state index in [0.29, 0.717) is 18.0 Å². The minimum atomic E-state index is -0.109. The van der Waals surface area contributed by atoms with Crippen LogP contribution < -0.4 is 20.1 Å². The Morgan fingerprint density at radius 2 is 2.14 bits per heavy atom. The number of hydrogen-bond donors (Lipinski definition) is 2. The van der Waals surface area contributed by atoms with Gasteiger partial charge in [-0.2, -0.15) is 0 Å². The zero-order chi connectivity index (χ0) is 15.1. The van der Waals surface area contributed by atoms with E-state index >= 15 is 0 Å². The Hall–Kier alpha value is -1.46. The summed E-state index contributed by atoms with van der Waals surface area (Å²) in [7, 11) is 1.62. The van der Waals surface area contributed by atoms with Gasteiger partial charge in [0.25, 0.3) is 0 Å². The van der Waals surface area contributed by atoms with Gasteiger partial charge in [0.05, 0.1) is 19.6 Å². The van der Waals surface area contributed by atoms with Crippen molar-refractivity contribution in [3.8, 4) is 11.5 Å². The van der Waals surface area contributed by atoms with Crippen molar-refractivity contribution in [3.63, 3.8) is 0 Å². The maximum Gasteiger partial charge on any atom is 0.224 e. The Bertz CT molecular complexity index is 464.